The highest BCUT2D eigenvalue weighted by Gasteiger charge is 2.17. The van der Waals surface area contributed by atoms with Crippen LogP contribution in [0, 0.1) is 11.3 Å². The van der Waals surface area contributed by atoms with Crippen LogP contribution in [0.15, 0.2) is 34.5 Å². The zero-order chi connectivity index (χ0) is 17.0. The van der Waals surface area contributed by atoms with Crippen LogP contribution in [0.4, 0.5) is 5.69 Å². The Morgan fingerprint density at radius 1 is 1.35 bits per heavy atom. The monoisotopic (exact) mass is 346 g/mol. The van der Waals surface area contributed by atoms with Crippen molar-refractivity contribution in [3.63, 3.8) is 0 Å². The van der Waals surface area contributed by atoms with Crippen LogP contribution in [-0.2, 0) is 10.2 Å². The molecule has 4 nitrogen and oxygen atoms in total. The predicted molar refractivity (Wildman–Crippen MR) is 95.0 cm³/mol. The molecule has 0 fully saturated rings. The highest BCUT2D eigenvalue weighted by atomic mass is 32.2. The van der Waals surface area contributed by atoms with Gasteiger partial charge in [0.1, 0.15) is 10.9 Å². The van der Waals surface area contributed by atoms with E-state index in [1.165, 1.54) is 30.4 Å². The summed E-state index contributed by atoms with van der Waals surface area (Å²) in [6.07, 6.45) is 0. The van der Waals surface area contributed by atoms with E-state index in [-0.39, 0.29) is 11.4 Å². The summed E-state index contributed by atoms with van der Waals surface area (Å²) in [5.74, 6) is -0.369. The molecule has 120 valence electrons. The molecule has 0 aliphatic carbocycles. The number of carbonyl (C=O) groups is 1. The molecule has 2 aromatic rings. The molecule has 0 atom stereocenters. The van der Waals surface area contributed by atoms with Crippen molar-refractivity contribution in [1.29, 1.82) is 5.26 Å². The number of rotatable bonds is 4. The van der Waals surface area contributed by atoms with Gasteiger partial charge >= 0.3 is 5.97 Å². The largest absolute Gasteiger partial charge is 0.465 e. The van der Waals surface area contributed by atoms with Crippen molar-refractivity contribution in [3.05, 3.63) is 45.6 Å². The molecule has 0 aliphatic rings. The van der Waals surface area contributed by atoms with E-state index in [1.807, 2.05) is 29.6 Å². The SMILES string of the molecule is COC(=O)c1sccc1NSc1ccc(C(C)(C)C)cc1C#N. The summed E-state index contributed by atoms with van der Waals surface area (Å²) in [7, 11) is 1.36. The van der Waals surface area contributed by atoms with E-state index >= 15 is 0 Å². The van der Waals surface area contributed by atoms with E-state index in [1.54, 1.807) is 0 Å². The Morgan fingerprint density at radius 2 is 2.09 bits per heavy atom. The second kappa shape index (κ2) is 7.07. The normalized spacial score (nSPS) is 10.9. The van der Waals surface area contributed by atoms with Gasteiger partial charge in [-0.3, -0.25) is 0 Å². The molecule has 1 aromatic carbocycles. The van der Waals surface area contributed by atoms with Crippen LogP contribution < -0.4 is 4.72 Å². The molecule has 0 radical (unpaired) electrons. The molecule has 23 heavy (non-hydrogen) atoms. The fourth-order valence-corrected chi connectivity index (χ4v) is 3.49. The van der Waals surface area contributed by atoms with Gasteiger partial charge in [0.25, 0.3) is 0 Å². The Hall–Kier alpha value is -1.97. The highest BCUT2D eigenvalue weighted by Crippen LogP contribution is 2.32. The first-order chi connectivity index (χ1) is 10.9. The number of methoxy groups -OCH3 is 1. The number of anilines is 1. The molecule has 0 spiro atoms. The molecule has 0 amide bonds. The Morgan fingerprint density at radius 3 is 2.70 bits per heavy atom. The van der Waals surface area contributed by atoms with Crippen LogP contribution in [0.5, 0.6) is 0 Å². The first-order valence-electron chi connectivity index (χ1n) is 7.00. The van der Waals surface area contributed by atoms with Gasteiger partial charge in [-0.25, -0.2) is 4.79 Å². The van der Waals surface area contributed by atoms with Gasteiger partial charge in [0.05, 0.1) is 18.4 Å². The molecule has 1 aromatic heterocycles. The predicted octanol–water partition coefficient (Wildman–Crippen LogP) is 4.82. The van der Waals surface area contributed by atoms with E-state index in [9.17, 15) is 10.1 Å². The van der Waals surface area contributed by atoms with Gasteiger partial charge < -0.3 is 9.46 Å². The van der Waals surface area contributed by atoms with Crippen molar-refractivity contribution in [2.24, 2.45) is 0 Å². The van der Waals surface area contributed by atoms with Crippen molar-refractivity contribution in [1.82, 2.24) is 0 Å². The lowest BCUT2D eigenvalue weighted by Gasteiger charge is -2.20. The average Bonchev–Trinajstić information content (AvgIpc) is 2.99. The van der Waals surface area contributed by atoms with Gasteiger partial charge in [0.2, 0.25) is 0 Å². The first-order valence-corrected chi connectivity index (χ1v) is 8.69. The van der Waals surface area contributed by atoms with E-state index in [2.05, 4.69) is 31.6 Å². The van der Waals surface area contributed by atoms with E-state index in [0.717, 1.165) is 10.5 Å². The summed E-state index contributed by atoms with van der Waals surface area (Å²) in [4.78, 5) is 13.0. The van der Waals surface area contributed by atoms with Crippen LogP contribution in [0.1, 0.15) is 41.6 Å². The fourth-order valence-electron chi connectivity index (χ4n) is 1.92. The van der Waals surface area contributed by atoms with Crippen LogP contribution >= 0.6 is 23.3 Å². The molecule has 1 heterocycles. The molecule has 0 saturated heterocycles. The number of carbonyl (C=O) groups excluding carboxylic acids is 1. The van der Waals surface area contributed by atoms with Gasteiger partial charge in [-0.05, 0) is 46.5 Å². The Labute approximate surface area is 144 Å². The van der Waals surface area contributed by atoms with Crippen molar-refractivity contribution in [2.45, 2.75) is 31.1 Å². The standard InChI is InChI=1S/C17H18N2O2S2/c1-17(2,3)12-5-6-14(11(9-12)10-18)23-19-13-7-8-22-15(13)16(20)21-4/h5-9,19H,1-4H3. The Bertz CT molecular complexity index is 755. The minimum absolute atomic E-state index is 0.00631. The summed E-state index contributed by atoms with van der Waals surface area (Å²) < 4.78 is 7.89. The lowest BCUT2D eigenvalue weighted by molar-refractivity contribution is 0.0607. The summed E-state index contributed by atoms with van der Waals surface area (Å²) in [5.41, 5.74) is 2.41. The maximum absolute atomic E-state index is 11.7. The van der Waals surface area contributed by atoms with Crippen LogP contribution in [0.2, 0.25) is 0 Å². The number of nitrogens with one attached hydrogen (secondary N) is 1. The number of ether oxygens (including phenoxy) is 1. The van der Waals surface area contributed by atoms with E-state index in [4.69, 9.17) is 4.74 Å². The van der Waals surface area contributed by atoms with Crippen molar-refractivity contribution < 1.29 is 9.53 Å². The molecular weight excluding hydrogens is 328 g/mol. The van der Waals surface area contributed by atoms with Crippen LogP contribution in [0.25, 0.3) is 0 Å². The maximum atomic E-state index is 11.7. The van der Waals surface area contributed by atoms with Crippen molar-refractivity contribution in [3.8, 4) is 6.07 Å². The molecule has 0 aliphatic heterocycles. The average molecular weight is 346 g/mol. The lowest BCUT2D eigenvalue weighted by Crippen LogP contribution is -2.11. The van der Waals surface area contributed by atoms with Crippen LogP contribution in [-0.4, -0.2) is 13.1 Å². The number of hydrogen-bond acceptors (Lipinski definition) is 6. The topological polar surface area (TPSA) is 62.1 Å². The van der Waals surface area contributed by atoms with Gasteiger partial charge in [0.15, 0.2) is 0 Å². The summed E-state index contributed by atoms with van der Waals surface area (Å²) in [5, 5.41) is 11.2. The minimum Gasteiger partial charge on any atom is -0.465 e. The Kier molecular flexibility index (Phi) is 5.34. The number of nitriles is 1. The van der Waals surface area contributed by atoms with Crippen molar-refractivity contribution in [2.75, 3.05) is 11.8 Å². The number of benzene rings is 1. The Balaban J connectivity index is 2.20. The molecule has 2 rings (SSSR count). The quantitative estimate of drug-likeness (QED) is 0.635. The third kappa shape index (κ3) is 4.06. The second-order valence-corrected chi connectivity index (χ2v) is 7.70. The number of esters is 1. The smallest absolute Gasteiger partial charge is 0.350 e. The van der Waals surface area contributed by atoms with Gasteiger partial charge in [-0.15, -0.1) is 11.3 Å². The molecule has 0 unspecified atom stereocenters. The first kappa shape index (κ1) is 17.4. The van der Waals surface area contributed by atoms with E-state index < -0.39 is 0 Å². The fraction of sp³-hybridized carbons (Fsp3) is 0.294. The van der Waals surface area contributed by atoms with E-state index in [0.29, 0.717) is 16.1 Å². The zero-order valence-electron chi connectivity index (χ0n) is 13.5. The summed E-state index contributed by atoms with van der Waals surface area (Å²) in [6, 6.07) is 9.93. The van der Waals surface area contributed by atoms with Crippen molar-refractivity contribution >= 4 is 34.9 Å². The van der Waals surface area contributed by atoms with Gasteiger partial charge in [0, 0.05) is 4.90 Å². The summed E-state index contributed by atoms with van der Waals surface area (Å²) >= 11 is 2.63. The highest BCUT2D eigenvalue weighted by molar-refractivity contribution is 8.00. The molecule has 6 heteroatoms. The molecule has 0 saturated carbocycles. The van der Waals surface area contributed by atoms with Gasteiger partial charge in [-0.2, -0.15) is 5.26 Å². The molecule has 1 N–H and O–H groups in total. The zero-order valence-corrected chi connectivity index (χ0v) is 15.1. The maximum Gasteiger partial charge on any atom is 0.350 e. The van der Waals surface area contributed by atoms with Crippen LogP contribution in [0.3, 0.4) is 0 Å². The number of thiophene rings is 1. The molecule has 0 bridgehead atoms. The molecular formula is C17H18N2O2S2. The lowest BCUT2D eigenvalue weighted by atomic mass is 9.86. The summed E-state index contributed by atoms with van der Waals surface area (Å²) in [6.45, 7) is 6.34. The van der Waals surface area contributed by atoms with Gasteiger partial charge in [-0.1, -0.05) is 26.8 Å². The second-order valence-electron chi connectivity index (χ2n) is 5.93. The number of hydrogen-bond donors (Lipinski definition) is 1. The number of nitrogens with zero attached hydrogens (tertiary/aromatic N) is 1. The third-order valence-electron chi connectivity index (χ3n) is 3.27. The third-order valence-corrected chi connectivity index (χ3v) is 5.07. The minimum atomic E-state index is -0.369.